The summed E-state index contributed by atoms with van der Waals surface area (Å²) in [4.78, 5) is 0. The summed E-state index contributed by atoms with van der Waals surface area (Å²) in [6.45, 7) is 1.03. The lowest BCUT2D eigenvalue weighted by atomic mass is 9.53. The predicted octanol–water partition coefficient (Wildman–Crippen LogP) is 4.26. The van der Waals surface area contributed by atoms with Gasteiger partial charge in [0.1, 0.15) is 0 Å². The maximum absolute atomic E-state index is 3.91. The highest BCUT2D eigenvalue weighted by molar-refractivity contribution is 5.48. The maximum atomic E-state index is 3.91. The lowest BCUT2D eigenvalue weighted by molar-refractivity contribution is -0.0178. The van der Waals surface area contributed by atoms with Crippen LogP contribution < -0.4 is 5.32 Å². The van der Waals surface area contributed by atoms with Crippen LogP contribution in [0.15, 0.2) is 36.4 Å². The van der Waals surface area contributed by atoms with E-state index in [1.807, 2.05) is 0 Å². The Labute approximate surface area is 122 Å². The van der Waals surface area contributed by atoms with Gasteiger partial charge in [-0.05, 0) is 61.8 Å². The van der Waals surface area contributed by atoms with E-state index in [-0.39, 0.29) is 0 Å². The molecular weight excluding hydrogens is 242 g/mol. The first-order chi connectivity index (χ1) is 9.81. The number of hydrogen-bond donors (Lipinski definition) is 1. The van der Waals surface area contributed by atoms with Gasteiger partial charge in [0.2, 0.25) is 0 Å². The van der Waals surface area contributed by atoms with Crippen LogP contribution in [0.3, 0.4) is 0 Å². The Kier molecular flexibility index (Phi) is 3.18. The van der Waals surface area contributed by atoms with E-state index in [1.165, 1.54) is 44.1 Å². The molecule has 1 N–H and O–H groups in total. The highest BCUT2D eigenvalue weighted by Crippen LogP contribution is 2.55. The smallest absolute Gasteiger partial charge is 0.0192 e. The average Bonchev–Trinajstić information content (AvgIpc) is 2.43. The molecule has 20 heavy (non-hydrogen) atoms. The summed E-state index contributed by atoms with van der Waals surface area (Å²) in [7, 11) is 0. The Bertz CT molecular complexity index is 452. The van der Waals surface area contributed by atoms with Gasteiger partial charge in [-0.15, -0.1) is 0 Å². The summed E-state index contributed by atoms with van der Waals surface area (Å²) in [6.07, 6.45) is 13.5. The molecule has 0 atom stereocenters. The molecule has 4 bridgehead atoms. The Morgan fingerprint density at radius 2 is 1.55 bits per heavy atom. The van der Waals surface area contributed by atoms with Gasteiger partial charge in [-0.1, -0.05) is 42.5 Å². The second-order valence-corrected chi connectivity index (χ2v) is 7.39. The molecule has 0 unspecified atom stereocenters. The molecule has 0 aliphatic heterocycles. The van der Waals surface area contributed by atoms with E-state index in [9.17, 15) is 0 Å². The Hall–Kier alpha value is -1.08. The van der Waals surface area contributed by atoms with Crippen LogP contribution in [0.4, 0.5) is 0 Å². The summed E-state index contributed by atoms with van der Waals surface area (Å²) < 4.78 is 0. The summed E-state index contributed by atoms with van der Waals surface area (Å²) in [6, 6.07) is 10.6. The third-order valence-electron chi connectivity index (χ3n) is 5.74. The first-order valence-corrected chi connectivity index (χ1v) is 8.28. The quantitative estimate of drug-likeness (QED) is 0.859. The molecule has 4 saturated carbocycles. The van der Waals surface area contributed by atoms with Gasteiger partial charge in [-0.2, -0.15) is 0 Å². The van der Waals surface area contributed by atoms with Crippen molar-refractivity contribution in [3.05, 3.63) is 42.0 Å². The number of hydrogen-bond acceptors (Lipinski definition) is 1. The average molecular weight is 267 g/mol. The predicted molar refractivity (Wildman–Crippen MR) is 84.4 cm³/mol. The van der Waals surface area contributed by atoms with Gasteiger partial charge < -0.3 is 5.32 Å². The lowest BCUT2D eigenvalue weighted by Gasteiger charge is -2.57. The highest BCUT2D eigenvalue weighted by Gasteiger charge is 2.50. The van der Waals surface area contributed by atoms with E-state index in [2.05, 4.69) is 47.8 Å². The van der Waals surface area contributed by atoms with Crippen molar-refractivity contribution < 1.29 is 0 Å². The Balaban J connectivity index is 1.37. The van der Waals surface area contributed by atoms with Crippen LogP contribution in [0.2, 0.25) is 0 Å². The summed E-state index contributed by atoms with van der Waals surface area (Å²) >= 11 is 0. The van der Waals surface area contributed by atoms with Crippen LogP contribution in [-0.2, 0) is 0 Å². The molecule has 1 heteroatoms. The summed E-state index contributed by atoms with van der Waals surface area (Å²) in [5.74, 6) is 3.10. The van der Waals surface area contributed by atoms with Crippen LogP contribution in [0.5, 0.6) is 0 Å². The fourth-order valence-electron chi connectivity index (χ4n) is 5.36. The van der Waals surface area contributed by atoms with Gasteiger partial charge in [0.25, 0.3) is 0 Å². The summed E-state index contributed by atoms with van der Waals surface area (Å²) in [5.41, 5.74) is 1.80. The number of nitrogens with one attached hydrogen (secondary N) is 1. The van der Waals surface area contributed by atoms with Gasteiger partial charge in [0.15, 0.2) is 0 Å². The van der Waals surface area contributed by atoms with Gasteiger partial charge in [0.05, 0.1) is 0 Å². The fraction of sp³-hybridized carbons (Fsp3) is 0.579. The van der Waals surface area contributed by atoms with E-state index >= 15 is 0 Å². The Morgan fingerprint density at radius 3 is 2.15 bits per heavy atom. The minimum Gasteiger partial charge on any atom is -0.308 e. The Morgan fingerprint density at radius 1 is 0.950 bits per heavy atom. The third-order valence-corrected chi connectivity index (χ3v) is 5.74. The molecule has 0 spiro atoms. The van der Waals surface area contributed by atoms with Crippen LogP contribution in [0.1, 0.15) is 44.1 Å². The molecule has 1 nitrogen and oxygen atoms in total. The first-order valence-electron chi connectivity index (χ1n) is 8.28. The molecule has 0 heterocycles. The van der Waals surface area contributed by atoms with Gasteiger partial charge in [-0.25, -0.2) is 0 Å². The van der Waals surface area contributed by atoms with Crippen LogP contribution in [-0.4, -0.2) is 12.1 Å². The second kappa shape index (κ2) is 5.04. The van der Waals surface area contributed by atoms with Crippen LogP contribution in [0, 0.1) is 17.8 Å². The van der Waals surface area contributed by atoms with Crippen molar-refractivity contribution in [2.45, 2.75) is 44.1 Å². The molecule has 0 saturated heterocycles. The molecule has 1 aromatic rings. The zero-order valence-corrected chi connectivity index (χ0v) is 12.2. The molecule has 0 amide bonds. The van der Waals surface area contributed by atoms with Crippen molar-refractivity contribution in [3.8, 4) is 0 Å². The molecule has 0 radical (unpaired) electrons. The molecule has 106 valence electrons. The van der Waals surface area contributed by atoms with E-state index in [4.69, 9.17) is 0 Å². The van der Waals surface area contributed by atoms with Crippen molar-refractivity contribution in [1.82, 2.24) is 5.32 Å². The third kappa shape index (κ3) is 2.44. The largest absolute Gasteiger partial charge is 0.308 e. The maximum Gasteiger partial charge on any atom is 0.0192 e. The van der Waals surface area contributed by atoms with E-state index in [0.29, 0.717) is 5.54 Å². The topological polar surface area (TPSA) is 12.0 Å². The molecular formula is C19H25N. The zero-order chi connectivity index (χ0) is 13.4. The second-order valence-electron chi connectivity index (χ2n) is 7.39. The number of rotatable bonds is 4. The van der Waals surface area contributed by atoms with Gasteiger partial charge in [-0.3, -0.25) is 0 Å². The lowest BCUT2D eigenvalue weighted by Crippen LogP contribution is -2.58. The van der Waals surface area contributed by atoms with Crippen molar-refractivity contribution >= 4 is 6.08 Å². The molecule has 4 aliphatic carbocycles. The standard InChI is InChI=1S/C19H25N/c1-2-5-15(6-3-1)7-4-8-20-19-12-16-9-17(13-19)11-18(10-16)14-19/h1-7,16-18,20H,8-14H2. The monoisotopic (exact) mass is 267 g/mol. The zero-order valence-electron chi connectivity index (χ0n) is 12.2. The van der Waals surface area contributed by atoms with E-state index in [0.717, 1.165) is 24.3 Å². The van der Waals surface area contributed by atoms with Crippen LogP contribution in [0.25, 0.3) is 6.08 Å². The van der Waals surface area contributed by atoms with Crippen molar-refractivity contribution in [3.63, 3.8) is 0 Å². The fourth-order valence-corrected chi connectivity index (χ4v) is 5.36. The van der Waals surface area contributed by atoms with Gasteiger partial charge >= 0.3 is 0 Å². The minimum atomic E-state index is 0.496. The SMILES string of the molecule is C(=Cc1ccccc1)CNC12CC3CC(CC(C3)C1)C2. The van der Waals surface area contributed by atoms with E-state index < -0.39 is 0 Å². The molecule has 5 rings (SSSR count). The molecule has 0 aromatic heterocycles. The molecule has 1 aromatic carbocycles. The summed E-state index contributed by atoms with van der Waals surface area (Å²) in [5, 5.41) is 3.91. The first kappa shape index (κ1) is 12.6. The normalized spacial score (nSPS) is 38.7. The number of benzene rings is 1. The van der Waals surface area contributed by atoms with Crippen LogP contribution >= 0.6 is 0 Å². The van der Waals surface area contributed by atoms with E-state index in [1.54, 1.807) is 0 Å². The molecule has 4 aliphatic rings. The van der Waals surface area contributed by atoms with Crippen molar-refractivity contribution in [2.75, 3.05) is 6.54 Å². The minimum absolute atomic E-state index is 0.496. The molecule has 4 fully saturated rings. The van der Waals surface area contributed by atoms with Crippen molar-refractivity contribution in [1.29, 1.82) is 0 Å². The highest BCUT2D eigenvalue weighted by atomic mass is 15.0. The van der Waals surface area contributed by atoms with Gasteiger partial charge in [0, 0.05) is 12.1 Å². The van der Waals surface area contributed by atoms with Crippen molar-refractivity contribution in [2.24, 2.45) is 17.8 Å².